The van der Waals surface area contributed by atoms with Crippen LogP contribution < -0.4 is 14.8 Å². The minimum absolute atomic E-state index is 0.154. The Morgan fingerprint density at radius 2 is 1.83 bits per heavy atom. The lowest BCUT2D eigenvalue weighted by Crippen LogP contribution is -2.48. The SMILES string of the molecule is CCC(C(=O)NC)N(Cc1c(Cl)cccc1Cl)C(=O)CCc1ccc2c(c1)OCO2. The topological polar surface area (TPSA) is 67.9 Å². The van der Waals surface area contributed by atoms with Gasteiger partial charge in [-0.3, -0.25) is 9.59 Å². The number of likely N-dealkylation sites (N-methyl/N-ethyl adjacent to an activating group) is 1. The number of aryl methyl sites for hydroxylation is 1. The van der Waals surface area contributed by atoms with Crippen molar-refractivity contribution in [3.05, 3.63) is 57.6 Å². The number of benzene rings is 2. The van der Waals surface area contributed by atoms with Gasteiger partial charge in [0, 0.05) is 35.6 Å². The average Bonchev–Trinajstić information content (AvgIpc) is 3.21. The van der Waals surface area contributed by atoms with E-state index in [-0.39, 0.29) is 31.6 Å². The van der Waals surface area contributed by atoms with E-state index in [9.17, 15) is 9.59 Å². The molecule has 2 aromatic carbocycles. The smallest absolute Gasteiger partial charge is 0.242 e. The molecular formula is C22H24Cl2N2O4. The summed E-state index contributed by atoms with van der Waals surface area (Å²) in [5.41, 5.74) is 1.58. The molecule has 0 spiro atoms. The van der Waals surface area contributed by atoms with Crippen molar-refractivity contribution >= 4 is 35.0 Å². The first-order valence-corrected chi connectivity index (χ1v) is 10.5. The number of ether oxygens (including phenoxy) is 2. The van der Waals surface area contributed by atoms with Crippen LogP contribution >= 0.6 is 23.2 Å². The second kappa shape index (κ2) is 10.0. The van der Waals surface area contributed by atoms with Crippen molar-refractivity contribution in [2.45, 2.75) is 38.8 Å². The van der Waals surface area contributed by atoms with Crippen molar-refractivity contribution in [1.29, 1.82) is 0 Å². The second-order valence-corrected chi connectivity index (χ2v) is 7.76. The number of rotatable bonds is 8. The monoisotopic (exact) mass is 450 g/mol. The molecule has 30 heavy (non-hydrogen) atoms. The first kappa shape index (κ1) is 22.2. The molecule has 8 heteroatoms. The molecule has 0 fully saturated rings. The lowest BCUT2D eigenvalue weighted by molar-refractivity contribution is -0.141. The van der Waals surface area contributed by atoms with Crippen LogP contribution in [0.5, 0.6) is 11.5 Å². The quantitative estimate of drug-likeness (QED) is 0.653. The summed E-state index contributed by atoms with van der Waals surface area (Å²) in [5, 5.41) is 3.56. The number of carbonyl (C=O) groups excluding carboxylic acids is 2. The fourth-order valence-corrected chi connectivity index (χ4v) is 3.95. The number of nitrogens with zero attached hydrogens (tertiary/aromatic N) is 1. The van der Waals surface area contributed by atoms with E-state index in [1.165, 1.54) is 0 Å². The lowest BCUT2D eigenvalue weighted by atomic mass is 10.1. The fraction of sp³-hybridized carbons (Fsp3) is 0.364. The van der Waals surface area contributed by atoms with Gasteiger partial charge in [-0.1, -0.05) is 42.3 Å². The van der Waals surface area contributed by atoms with Gasteiger partial charge < -0.3 is 19.7 Å². The molecule has 0 bridgehead atoms. The average molecular weight is 451 g/mol. The van der Waals surface area contributed by atoms with Crippen molar-refractivity contribution in [3.8, 4) is 11.5 Å². The van der Waals surface area contributed by atoms with Crippen LogP contribution in [-0.2, 0) is 22.6 Å². The van der Waals surface area contributed by atoms with Crippen LogP contribution in [0.2, 0.25) is 10.0 Å². The van der Waals surface area contributed by atoms with Crippen molar-refractivity contribution in [3.63, 3.8) is 0 Å². The maximum Gasteiger partial charge on any atom is 0.242 e. The van der Waals surface area contributed by atoms with E-state index in [0.29, 0.717) is 39.9 Å². The van der Waals surface area contributed by atoms with Gasteiger partial charge in [-0.15, -0.1) is 0 Å². The molecule has 0 aliphatic carbocycles. The number of hydrogen-bond acceptors (Lipinski definition) is 4. The van der Waals surface area contributed by atoms with Crippen molar-refractivity contribution in [2.75, 3.05) is 13.8 Å². The third-order valence-corrected chi connectivity index (χ3v) is 5.80. The number of amides is 2. The van der Waals surface area contributed by atoms with Gasteiger partial charge in [0.2, 0.25) is 18.6 Å². The van der Waals surface area contributed by atoms with E-state index in [2.05, 4.69) is 5.32 Å². The number of carbonyl (C=O) groups is 2. The molecule has 2 aromatic rings. The molecular weight excluding hydrogens is 427 g/mol. The van der Waals surface area contributed by atoms with E-state index >= 15 is 0 Å². The number of halogens is 2. The van der Waals surface area contributed by atoms with Gasteiger partial charge in [-0.05, 0) is 42.7 Å². The molecule has 1 unspecified atom stereocenters. The molecule has 6 nitrogen and oxygen atoms in total. The summed E-state index contributed by atoms with van der Waals surface area (Å²) in [5.74, 6) is 0.999. The zero-order valence-corrected chi connectivity index (χ0v) is 18.4. The van der Waals surface area contributed by atoms with Crippen LogP contribution in [0.4, 0.5) is 0 Å². The predicted molar refractivity (Wildman–Crippen MR) is 116 cm³/mol. The maximum atomic E-state index is 13.2. The van der Waals surface area contributed by atoms with Gasteiger partial charge in [0.25, 0.3) is 0 Å². The highest BCUT2D eigenvalue weighted by Crippen LogP contribution is 2.33. The number of fused-ring (bicyclic) bond motifs is 1. The second-order valence-electron chi connectivity index (χ2n) is 6.95. The molecule has 0 saturated heterocycles. The minimum atomic E-state index is -0.619. The highest BCUT2D eigenvalue weighted by molar-refractivity contribution is 6.36. The van der Waals surface area contributed by atoms with Gasteiger partial charge >= 0.3 is 0 Å². The summed E-state index contributed by atoms with van der Waals surface area (Å²) >= 11 is 12.6. The minimum Gasteiger partial charge on any atom is -0.454 e. The van der Waals surface area contributed by atoms with Crippen LogP contribution in [0.15, 0.2) is 36.4 Å². The van der Waals surface area contributed by atoms with Gasteiger partial charge in [0.1, 0.15) is 6.04 Å². The Bertz CT molecular complexity index is 915. The molecule has 160 valence electrons. The van der Waals surface area contributed by atoms with Crippen LogP contribution in [0.3, 0.4) is 0 Å². The Kier molecular flexibility index (Phi) is 7.45. The normalized spacial score (nSPS) is 13.1. The van der Waals surface area contributed by atoms with Gasteiger partial charge in [-0.2, -0.15) is 0 Å². The van der Waals surface area contributed by atoms with E-state index in [4.69, 9.17) is 32.7 Å². The molecule has 0 saturated carbocycles. The van der Waals surface area contributed by atoms with E-state index in [1.807, 2.05) is 25.1 Å². The van der Waals surface area contributed by atoms with Crippen LogP contribution in [0.1, 0.15) is 30.9 Å². The first-order chi connectivity index (χ1) is 14.4. The first-order valence-electron chi connectivity index (χ1n) is 9.77. The Morgan fingerprint density at radius 3 is 2.50 bits per heavy atom. The van der Waals surface area contributed by atoms with Crippen molar-refractivity contribution < 1.29 is 19.1 Å². The lowest BCUT2D eigenvalue weighted by Gasteiger charge is -2.31. The molecule has 0 aromatic heterocycles. The Labute approximate surface area is 186 Å². The Morgan fingerprint density at radius 1 is 1.13 bits per heavy atom. The summed E-state index contributed by atoms with van der Waals surface area (Å²) in [6.45, 7) is 2.23. The molecule has 1 heterocycles. The van der Waals surface area contributed by atoms with Gasteiger partial charge in [0.05, 0.1) is 0 Å². The predicted octanol–water partition coefficient (Wildman–Crippen LogP) is 4.21. The van der Waals surface area contributed by atoms with Crippen LogP contribution in [-0.4, -0.2) is 36.6 Å². The summed E-state index contributed by atoms with van der Waals surface area (Å²) in [6, 6.07) is 10.2. The van der Waals surface area contributed by atoms with Crippen molar-refractivity contribution in [1.82, 2.24) is 10.2 Å². The zero-order chi connectivity index (χ0) is 21.7. The molecule has 1 aliphatic heterocycles. The maximum absolute atomic E-state index is 13.2. The molecule has 1 atom stereocenters. The molecule has 0 radical (unpaired) electrons. The van der Waals surface area contributed by atoms with E-state index in [0.717, 1.165) is 5.56 Å². The molecule has 1 aliphatic rings. The highest BCUT2D eigenvalue weighted by atomic mass is 35.5. The van der Waals surface area contributed by atoms with Crippen LogP contribution in [0.25, 0.3) is 0 Å². The fourth-order valence-electron chi connectivity index (χ4n) is 3.43. The molecule has 3 rings (SSSR count). The Hall–Kier alpha value is -2.44. The third-order valence-electron chi connectivity index (χ3n) is 5.09. The van der Waals surface area contributed by atoms with Gasteiger partial charge in [-0.25, -0.2) is 0 Å². The van der Waals surface area contributed by atoms with Crippen LogP contribution in [0, 0.1) is 0 Å². The summed E-state index contributed by atoms with van der Waals surface area (Å²) in [6.07, 6.45) is 1.21. The van der Waals surface area contributed by atoms with Crippen molar-refractivity contribution in [2.24, 2.45) is 0 Å². The highest BCUT2D eigenvalue weighted by Gasteiger charge is 2.29. The standard InChI is InChI=1S/C22H24Cl2N2O4/c1-3-18(22(28)25-2)26(12-15-16(23)5-4-6-17(15)24)21(27)10-8-14-7-9-19-20(11-14)30-13-29-19/h4-7,9,11,18H,3,8,10,12-13H2,1-2H3,(H,25,28). The summed E-state index contributed by atoms with van der Waals surface area (Å²) in [7, 11) is 1.56. The number of nitrogens with one attached hydrogen (secondary N) is 1. The summed E-state index contributed by atoms with van der Waals surface area (Å²) < 4.78 is 10.7. The third kappa shape index (κ3) is 4.99. The largest absolute Gasteiger partial charge is 0.454 e. The van der Waals surface area contributed by atoms with Gasteiger partial charge in [0.15, 0.2) is 11.5 Å². The van der Waals surface area contributed by atoms with E-state index in [1.54, 1.807) is 30.1 Å². The number of hydrogen-bond donors (Lipinski definition) is 1. The molecule has 1 N–H and O–H groups in total. The molecule has 2 amide bonds. The zero-order valence-electron chi connectivity index (χ0n) is 16.9. The Balaban J connectivity index is 1.79. The summed E-state index contributed by atoms with van der Waals surface area (Å²) in [4.78, 5) is 27.2. The van der Waals surface area contributed by atoms with E-state index < -0.39 is 6.04 Å².